The lowest BCUT2D eigenvalue weighted by molar-refractivity contribution is -0.118. The second-order valence-electron chi connectivity index (χ2n) is 3.81. The van der Waals surface area contributed by atoms with Crippen molar-refractivity contribution in [2.45, 2.75) is 27.2 Å². The van der Waals surface area contributed by atoms with Crippen LogP contribution in [0.2, 0.25) is 0 Å². The van der Waals surface area contributed by atoms with Crippen LogP contribution >= 0.6 is 0 Å². The first-order chi connectivity index (χ1) is 5.11. The van der Waals surface area contributed by atoms with Crippen molar-refractivity contribution >= 4 is 5.78 Å². The van der Waals surface area contributed by atoms with Crippen molar-refractivity contribution in [1.82, 2.24) is 0 Å². The van der Waals surface area contributed by atoms with Gasteiger partial charge in [-0.25, -0.2) is 0 Å². The maximum Gasteiger partial charge on any atom is 0.158 e. The van der Waals surface area contributed by atoms with Gasteiger partial charge < -0.3 is 0 Å². The van der Waals surface area contributed by atoms with Crippen molar-refractivity contribution in [1.29, 1.82) is 0 Å². The van der Waals surface area contributed by atoms with E-state index in [1.807, 2.05) is 6.92 Å². The van der Waals surface area contributed by atoms with E-state index in [-0.39, 0.29) is 5.92 Å². The Hall–Kier alpha value is -0.590. The molecule has 0 saturated heterocycles. The first-order valence-corrected chi connectivity index (χ1v) is 4.33. The summed E-state index contributed by atoms with van der Waals surface area (Å²) in [6, 6.07) is 0. The zero-order valence-electron chi connectivity index (χ0n) is 7.50. The number of ketones is 1. The number of carbonyl (C=O) groups is 1. The van der Waals surface area contributed by atoms with Gasteiger partial charge in [0, 0.05) is 5.92 Å². The summed E-state index contributed by atoms with van der Waals surface area (Å²) in [6.45, 7) is 6.43. The van der Waals surface area contributed by atoms with E-state index in [0.717, 1.165) is 6.42 Å². The lowest BCUT2D eigenvalue weighted by atomic mass is 9.81. The van der Waals surface area contributed by atoms with Crippen LogP contribution < -0.4 is 0 Å². The Kier molecular flexibility index (Phi) is 2.48. The summed E-state index contributed by atoms with van der Waals surface area (Å²) in [7, 11) is 0. The molecule has 0 bridgehead atoms. The molecule has 1 nitrogen and oxygen atoms in total. The summed E-state index contributed by atoms with van der Waals surface area (Å²) >= 11 is 0. The predicted molar refractivity (Wildman–Crippen MR) is 46.3 cm³/mol. The summed E-state index contributed by atoms with van der Waals surface area (Å²) in [5, 5.41) is 0. The highest BCUT2D eigenvalue weighted by Crippen LogP contribution is 2.26. The average molecular weight is 152 g/mol. The number of carbonyl (C=O) groups excluding carboxylic acids is 1. The van der Waals surface area contributed by atoms with Crippen LogP contribution in [0.15, 0.2) is 12.2 Å². The average Bonchev–Trinajstić information content (AvgIpc) is 1.94. The Morgan fingerprint density at radius 2 is 2.18 bits per heavy atom. The third-order valence-electron chi connectivity index (χ3n) is 2.48. The lowest BCUT2D eigenvalue weighted by Crippen LogP contribution is -2.20. The monoisotopic (exact) mass is 152 g/mol. The van der Waals surface area contributed by atoms with Gasteiger partial charge in [0.25, 0.3) is 0 Å². The Morgan fingerprint density at radius 3 is 2.64 bits per heavy atom. The van der Waals surface area contributed by atoms with E-state index in [4.69, 9.17) is 0 Å². The van der Waals surface area contributed by atoms with Crippen LogP contribution in [0.25, 0.3) is 0 Å². The molecular formula is C10H16O. The van der Waals surface area contributed by atoms with Crippen molar-refractivity contribution in [3.63, 3.8) is 0 Å². The fourth-order valence-electron chi connectivity index (χ4n) is 1.48. The Bertz CT molecular complexity index is 179. The van der Waals surface area contributed by atoms with Crippen molar-refractivity contribution in [2.75, 3.05) is 0 Å². The van der Waals surface area contributed by atoms with E-state index < -0.39 is 0 Å². The third kappa shape index (κ3) is 1.92. The largest absolute Gasteiger partial charge is 0.295 e. The summed E-state index contributed by atoms with van der Waals surface area (Å²) in [5.74, 6) is 1.82. The molecule has 0 aliphatic heterocycles. The Labute approximate surface area is 68.5 Å². The van der Waals surface area contributed by atoms with Crippen molar-refractivity contribution in [3.05, 3.63) is 12.2 Å². The molecule has 0 N–H and O–H groups in total. The number of hydrogen-bond donors (Lipinski definition) is 0. The third-order valence-corrected chi connectivity index (χ3v) is 2.48. The molecule has 0 heterocycles. The summed E-state index contributed by atoms with van der Waals surface area (Å²) in [6.07, 6.45) is 4.85. The van der Waals surface area contributed by atoms with E-state index in [1.165, 1.54) is 0 Å². The van der Waals surface area contributed by atoms with Gasteiger partial charge in [0.1, 0.15) is 0 Å². The summed E-state index contributed by atoms with van der Waals surface area (Å²) in [4.78, 5) is 11.1. The van der Waals surface area contributed by atoms with E-state index in [2.05, 4.69) is 19.9 Å². The van der Waals surface area contributed by atoms with Gasteiger partial charge in [0.15, 0.2) is 5.78 Å². The fraction of sp³-hybridized carbons (Fsp3) is 0.700. The van der Waals surface area contributed by atoms with E-state index in [1.54, 1.807) is 6.08 Å². The molecule has 1 aliphatic rings. The number of allylic oxidation sites excluding steroid dienone is 2. The summed E-state index contributed by atoms with van der Waals surface area (Å²) in [5.41, 5.74) is 0. The Balaban J connectivity index is 2.63. The molecule has 0 aromatic rings. The molecule has 2 atom stereocenters. The highest BCUT2D eigenvalue weighted by atomic mass is 16.1. The van der Waals surface area contributed by atoms with E-state index in [0.29, 0.717) is 17.6 Å². The van der Waals surface area contributed by atoms with Crippen LogP contribution in [-0.2, 0) is 4.79 Å². The predicted octanol–water partition coefficient (Wildman–Crippen LogP) is 2.42. The van der Waals surface area contributed by atoms with Gasteiger partial charge >= 0.3 is 0 Å². The molecule has 0 aromatic carbocycles. The quantitative estimate of drug-likeness (QED) is 0.564. The second kappa shape index (κ2) is 3.21. The second-order valence-corrected chi connectivity index (χ2v) is 3.81. The molecule has 0 fully saturated rings. The zero-order chi connectivity index (χ0) is 8.43. The molecule has 1 unspecified atom stereocenters. The highest BCUT2D eigenvalue weighted by molar-refractivity contribution is 5.92. The van der Waals surface area contributed by atoms with Crippen molar-refractivity contribution in [2.24, 2.45) is 17.8 Å². The minimum atomic E-state index is 0.243. The molecule has 0 aromatic heterocycles. The molecule has 0 spiro atoms. The first-order valence-electron chi connectivity index (χ1n) is 4.33. The van der Waals surface area contributed by atoms with Crippen LogP contribution in [0.4, 0.5) is 0 Å². The minimum absolute atomic E-state index is 0.243. The zero-order valence-corrected chi connectivity index (χ0v) is 7.50. The van der Waals surface area contributed by atoms with Gasteiger partial charge in [-0.3, -0.25) is 4.79 Å². The fourth-order valence-corrected chi connectivity index (χ4v) is 1.48. The first kappa shape index (κ1) is 8.51. The lowest BCUT2D eigenvalue weighted by Gasteiger charge is -2.23. The van der Waals surface area contributed by atoms with Gasteiger partial charge in [-0.05, 0) is 24.3 Å². The number of rotatable bonds is 1. The maximum atomic E-state index is 11.1. The molecule has 1 aliphatic carbocycles. The SMILES string of the molecule is CC(C)C1C=CC(=O)[C@H](C)C1. The van der Waals surface area contributed by atoms with Crippen LogP contribution in [-0.4, -0.2) is 5.78 Å². The van der Waals surface area contributed by atoms with Gasteiger partial charge in [-0.1, -0.05) is 26.8 Å². The van der Waals surface area contributed by atoms with Gasteiger partial charge in [0.05, 0.1) is 0 Å². The molecule has 62 valence electrons. The molecule has 1 rings (SSSR count). The highest BCUT2D eigenvalue weighted by Gasteiger charge is 2.22. The molecule has 11 heavy (non-hydrogen) atoms. The summed E-state index contributed by atoms with van der Waals surface area (Å²) < 4.78 is 0. The molecule has 0 radical (unpaired) electrons. The van der Waals surface area contributed by atoms with E-state index in [9.17, 15) is 4.79 Å². The minimum Gasteiger partial charge on any atom is -0.295 e. The van der Waals surface area contributed by atoms with Crippen LogP contribution in [0.3, 0.4) is 0 Å². The van der Waals surface area contributed by atoms with Crippen LogP contribution in [0.5, 0.6) is 0 Å². The van der Waals surface area contributed by atoms with E-state index >= 15 is 0 Å². The molecule has 1 heteroatoms. The topological polar surface area (TPSA) is 17.1 Å². The number of hydrogen-bond acceptors (Lipinski definition) is 1. The Morgan fingerprint density at radius 1 is 1.55 bits per heavy atom. The molecule has 0 saturated carbocycles. The van der Waals surface area contributed by atoms with Gasteiger partial charge in [-0.15, -0.1) is 0 Å². The smallest absolute Gasteiger partial charge is 0.158 e. The normalized spacial score (nSPS) is 31.5. The van der Waals surface area contributed by atoms with Crippen molar-refractivity contribution in [3.8, 4) is 0 Å². The van der Waals surface area contributed by atoms with Crippen LogP contribution in [0, 0.1) is 17.8 Å². The van der Waals surface area contributed by atoms with Gasteiger partial charge in [-0.2, -0.15) is 0 Å². The standard InChI is InChI=1S/C10H16O/c1-7(2)9-4-5-10(11)8(3)6-9/h4-5,7-9H,6H2,1-3H3/t8-,9?/m1/s1. The van der Waals surface area contributed by atoms with Crippen molar-refractivity contribution < 1.29 is 4.79 Å². The maximum absolute atomic E-state index is 11.1. The molecular weight excluding hydrogens is 136 g/mol. The van der Waals surface area contributed by atoms with Gasteiger partial charge in [0.2, 0.25) is 0 Å². The molecule has 0 amide bonds. The van der Waals surface area contributed by atoms with Crippen LogP contribution in [0.1, 0.15) is 27.2 Å².